The van der Waals surface area contributed by atoms with E-state index in [1.165, 1.54) is 0 Å². The third-order valence-electron chi connectivity index (χ3n) is 3.98. The second kappa shape index (κ2) is 2.66. The van der Waals surface area contributed by atoms with Crippen LogP contribution in [0.3, 0.4) is 0 Å². The summed E-state index contributed by atoms with van der Waals surface area (Å²) in [6, 6.07) is 0. The van der Waals surface area contributed by atoms with Crippen molar-refractivity contribution >= 4 is 11.6 Å². The molecule has 0 aromatic carbocycles. The topological polar surface area (TPSA) is 34.1 Å². The van der Waals surface area contributed by atoms with Gasteiger partial charge in [-0.05, 0) is 17.8 Å². The van der Waals surface area contributed by atoms with Gasteiger partial charge in [0.1, 0.15) is 11.6 Å². The van der Waals surface area contributed by atoms with Gasteiger partial charge in [-0.2, -0.15) is 0 Å². The Bertz CT molecular complexity index is 265. The average Bonchev–Trinajstić information content (AvgIpc) is 2.05. The highest BCUT2D eigenvalue weighted by Gasteiger charge is 2.52. The second-order valence-corrected chi connectivity index (χ2v) is 5.02. The molecule has 3 saturated carbocycles. The molecule has 2 atom stereocenters. The molecule has 2 bridgehead atoms. The zero-order chi connectivity index (χ0) is 9.64. The number of carbonyl (C=O) groups excluding carboxylic acids is 2. The van der Waals surface area contributed by atoms with Crippen LogP contribution in [0.15, 0.2) is 0 Å². The van der Waals surface area contributed by atoms with Crippen LogP contribution < -0.4 is 0 Å². The van der Waals surface area contributed by atoms with Crippen LogP contribution in [0.25, 0.3) is 0 Å². The first-order valence-corrected chi connectivity index (χ1v) is 5.06. The van der Waals surface area contributed by atoms with Crippen LogP contribution in [-0.2, 0) is 9.59 Å². The molecule has 0 aromatic heterocycles. The monoisotopic (exact) mass is 180 g/mol. The van der Waals surface area contributed by atoms with Crippen LogP contribution in [0, 0.1) is 17.3 Å². The Morgan fingerprint density at radius 3 is 2.54 bits per heavy atom. The summed E-state index contributed by atoms with van der Waals surface area (Å²) in [7, 11) is 0. The smallest absolute Gasteiger partial charge is 0.136 e. The van der Waals surface area contributed by atoms with Gasteiger partial charge in [0.25, 0.3) is 0 Å². The van der Waals surface area contributed by atoms with Gasteiger partial charge in [0, 0.05) is 25.2 Å². The molecule has 0 heterocycles. The molecule has 2 unspecified atom stereocenters. The lowest BCUT2D eigenvalue weighted by Crippen LogP contribution is -2.50. The molecule has 72 valence electrons. The van der Waals surface area contributed by atoms with Crippen LogP contribution in [-0.4, -0.2) is 11.6 Å². The number of Topliss-reactive ketones (excluding diaryl/α,β-unsaturated/α-hetero) is 2. The molecule has 0 spiro atoms. The summed E-state index contributed by atoms with van der Waals surface area (Å²) in [6.45, 7) is 4.25. The standard InChI is InChI=1S/C11H16O2/c1-11(2)7-5-8(12)3-4-10(13)9(11)6-7/h7,9H,3-6H2,1-2H3. The summed E-state index contributed by atoms with van der Waals surface area (Å²) in [4.78, 5) is 23.0. The molecule has 0 aliphatic heterocycles. The summed E-state index contributed by atoms with van der Waals surface area (Å²) in [5, 5.41) is 0. The largest absolute Gasteiger partial charge is 0.300 e. The van der Waals surface area contributed by atoms with Gasteiger partial charge in [-0.25, -0.2) is 0 Å². The third-order valence-corrected chi connectivity index (χ3v) is 3.98. The lowest BCUT2D eigenvalue weighted by molar-refractivity contribution is -0.146. The minimum atomic E-state index is 0.0904. The van der Waals surface area contributed by atoms with Crippen LogP contribution >= 0.6 is 0 Å². The summed E-state index contributed by atoms with van der Waals surface area (Å²) in [6.07, 6.45) is 2.63. The molecule has 2 heteroatoms. The maximum Gasteiger partial charge on any atom is 0.136 e. The van der Waals surface area contributed by atoms with E-state index in [1.54, 1.807) is 0 Å². The van der Waals surface area contributed by atoms with E-state index >= 15 is 0 Å². The number of hydrogen-bond acceptors (Lipinski definition) is 2. The molecule has 0 amide bonds. The number of hydrogen-bond donors (Lipinski definition) is 0. The lowest BCUT2D eigenvalue weighted by Gasteiger charge is -2.52. The first-order valence-electron chi connectivity index (χ1n) is 5.06. The van der Waals surface area contributed by atoms with E-state index in [2.05, 4.69) is 13.8 Å². The normalized spacial score (nSPS) is 37.7. The van der Waals surface area contributed by atoms with Crippen molar-refractivity contribution in [1.82, 2.24) is 0 Å². The summed E-state index contributed by atoms with van der Waals surface area (Å²) in [5.74, 6) is 1.30. The molecule has 13 heavy (non-hydrogen) atoms. The first-order chi connectivity index (χ1) is 6.01. The van der Waals surface area contributed by atoms with Gasteiger partial charge in [-0.1, -0.05) is 13.8 Å². The van der Waals surface area contributed by atoms with Crippen molar-refractivity contribution in [3.63, 3.8) is 0 Å². The number of carbonyl (C=O) groups is 2. The molecular weight excluding hydrogens is 164 g/mol. The van der Waals surface area contributed by atoms with E-state index in [9.17, 15) is 9.59 Å². The van der Waals surface area contributed by atoms with E-state index in [0.717, 1.165) is 6.42 Å². The zero-order valence-corrected chi connectivity index (χ0v) is 8.30. The van der Waals surface area contributed by atoms with E-state index in [0.29, 0.717) is 31.0 Å². The van der Waals surface area contributed by atoms with Crippen molar-refractivity contribution in [2.75, 3.05) is 0 Å². The molecular formula is C11H16O2. The average molecular weight is 180 g/mol. The highest BCUT2D eigenvalue weighted by atomic mass is 16.1. The van der Waals surface area contributed by atoms with Gasteiger partial charge >= 0.3 is 0 Å². The summed E-state index contributed by atoms with van der Waals surface area (Å²) >= 11 is 0. The van der Waals surface area contributed by atoms with Crippen molar-refractivity contribution in [1.29, 1.82) is 0 Å². The Morgan fingerprint density at radius 2 is 1.92 bits per heavy atom. The van der Waals surface area contributed by atoms with Crippen LogP contribution in [0.1, 0.15) is 39.5 Å². The van der Waals surface area contributed by atoms with Crippen molar-refractivity contribution in [2.24, 2.45) is 17.3 Å². The second-order valence-electron chi connectivity index (χ2n) is 5.02. The van der Waals surface area contributed by atoms with E-state index in [1.807, 2.05) is 0 Å². The maximum atomic E-state index is 11.6. The van der Waals surface area contributed by atoms with Crippen molar-refractivity contribution < 1.29 is 9.59 Å². The molecule has 2 nitrogen and oxygen atoms in total. The Kier molecular flexibility index (Phi) is 1.83. The van der Waals surface area contributed by atoms with Gasteiger partial charge in [0.2, 0.25) is 0 Å². The minimum absolute atomic E-state index is 0.0904. The van der Waals surface area contributed by atoms with Gasteiger partial charge in [-0.3, -0.25) is 9.59 Å². The van der Waals surface area contributed by atoms with E-state index in [-0.39, 0.29) is 17.1 Å². The molecule has 3 rings (SSSR count). The summed E-state index contributed by atoms with van der Waals surface area (Å²) < 4.78 is 0. The van der Waals surface area contributed by atoms with E-state index < -0.39 is 0 Å². The Labute approximate surface area is 78.7 Å². The van der Waals surface area contributed by atoms with Crippen molar-refractivity contribution in [2.45, 2.75) is 39.5 Å². The Balaban J connectivity index is 2.20. The van der Waals surface area contributed by atoms with Crippen molar-refractivity contribution in [3.8, 4) is 0 Å². The fourth-order valence-corrected chi connectivity index (χ4v) is 2.72. The summed E-state index contributed by atoms with van der Waals surface area (Å²) in [5.41, 5.74) is 0.0904. The highest BCUT2D eigenvalue weighted by molar-refractivity contribution is 5.90. The molecule has 3 fully saturated rings. The van der Waals surface area contributed by atoms with Gasteiger partial charge in [-0.15, -0.1) is 0 Å². The highest BCUT2D eigenvalue weighted by Crippen LogP contribution is 2.54. The van der Waals surface area contributed by atoms with Gasteiger partial charge in [0.15, 0.2) is 0 Å². The zero-order valence-electron chi connectivity index (χ0n) is 8.30. The predicted molar refractivity (Wildman–Crippen MR) is 49.2 cm³/mol. The third kappa shape index (κ3) is 1.23. The predicted octanol–water partition coefficient (Wildman–Crippen LogP) is 1.97. The quantitative estimate of drug-likeness (QED) is 0.571. The van der Waals surface area contributed by atoms with Gasteiger partial charge < -0.3 is 0 Å². The molecule has 0 radical (unpaired) electrons. The maximum absolute atomic E-state index is 11.6. The Hall–Kier alpha value is -0.660. The first kappa shape index (κ1) is 8.92. The van der Waals surface area contributed by atoms with Gasteiger partial charge in [0.05, 0.1) is 0 Å². The minimum Gasteiger partial charge on any atom is -0.300 e. The van der Waals surface area contributed by atoms with E-state index in [4.69, 9.17) is 0 Å². The molecule has 3 aliphatic rings. The fraction of sp³-hybridized carbons (Fsp3) is 0.818. The lowest BCUT2D eigenvalue weighted by atomic mass is 9.51. The van der Waals surface area contributed by atoms with Crippen LogP contribution in [0.5, 0.6) is 0 Å². The van der Waals surface area contributed by atoms with Crippen molar-refractivity contribution in [3.05, 3.63) is 0 Å². The molecule has 0 N–H and O–H groups in total. The van der Waals surface area contributed by atoms with Crippen LogP contribution in [0.2, 0.25) is 0 Å². The van der Waals surface area contributed by atoms with Crippen LogP contribution in [0.4, 0.5) is 0 Å². The number of fused-ring (bicyclic) bond motifs is 4. The Morgan fingerprint density at radius 1 is 1.23 bits per heavy atom. The fourth-order valence-electron chi connectivity index (χ4n) is 2.72. The number of ketones is 2. The molecule has 0 aromatic rings. The SMILES string of the molecule is CC1(C)C2CC(=O)CCC(=O)C1C2. The molecule has 0 saturated heterocycles. The molecule has 3 aliphatic carbocycles. The number of rotatable bonds is 0.